The fourth-order valence-electron chi connectivity index (χ4n) is 2.41. The number of rotatable bonds is 5. The maximum Gasteiger partial charge on any atom is 0.173 e. The van der Waals surface area contributed by atoms with E-state index in [4.69, 9.17) is 17.5 Å². The van der Waals surface area contributed by atoms with Gasteiger partial charge in [-0.3, -0.25) is 4.98 Å². The van der Waals surface area contributed by atoms with Crippen LogP contribution in [0, 0.1) is 11.3 Å². The molecule has 0 aliphatic heterocycles. The van der Waals surface area contributed by atoms with E-state index in [1.807, 2.05) is 35.4 Å². The molecule has 0 saturated carbocycles. The number of nitrogens with one attached hydrogen (secondary N) is 1. The minimum Gasteiger partial charge on any atom is -0.344 e. The van der Waals surface area contributed by atoms with E-state index in [0.29, 0.717) is 24.6 Å². The number of hydrogen-bond donors (Lipinski definition) is 1. The number of aromatic nitrogens is 1. The van der Waals surface area contributed by atoms with E-state index in [9.17, 15) is 0 Å². The molecule has 0 amide bonds. The molecule has 2 aromatic rings. The van der Waals surface area contributed by atoms with Gasteiger partial charge in [-0.2, -0.15) is 5.26 Å². The number of nitriles is 1. The van der Waals surface area contributed by atoms with Crippen LogP contribution in [0.3, 0.4) is 0 Å². The highest BCUT2D eigenvalue weighted by atomic mass is 32.1. The molecule has 0 fully saturated rings. The molecule has 0 spiro atoms. The van der Waals surface area contributed by atoms with Crippen molar-refractivity contribution in [1.82, 2.24) is 9.88 Å². The van der Waals surface area contributed by atoms with Crippen molar-refractivity contribution in [1.29, 1.82) is 5.26 Å². The summed E-state index contributed by atoms with van der Waals surface area (Å²) in [5.74, 6) is 0. The summed E-state index contributed by atoms with van der Waals surface area (Å²) in [6.07, 6.45) is 3.99. The normalized spacial score (nSPS) is 10.8. The third-order valence-corrected chi connectivity index (χ3v) is 4.24. The van der Waals surface area contributed by atoms with Crippen LogP contribution < -0.4 is 5.32 Å². The second-order valence-electron chi connectivity index (χ2n) is 6.95. The second-order valence-corrected chi connectivity index (χ2v) is 7.34. The van der Waals surface area contributed by atoms with Gasteiger partial charge in [-0.15, -0.1) is 0 Å². The van der Waals surface area contributed by atoms with E-state index in [1.54, 1.807) is 6.20 Å². The van der Waals surface area contributed by atoms with Crippen molar-refractivity contribution in [2.24, 2.45) is 0 Å². The van der Waals surface area contributed by atoms with Crippen LogP contribution >= 0.6 is 12.2 Å². The zero-order valence-electron chi connectivity index (χ0n) is 15.0. The van der Waals surface area contributed by atoms with Gasteiger partial charge in [0.15, 0.2) is 5.11 Å². The molecule has 0 saturated heterocycles. The van der Waals surface area contributed by atoms with Crippen LogP contribution in [0.25, 0.3) is 0 Å². The number of benzene rings is 1. The van der Waals surface area contributed by atoms with Crippen LogP contribution in [-0.2, 0) is 12.0 Å². The summed E-state index contributed by atoms with van der Waals surface area (Å²) in [7, 11) is 0. The lowest BCUT2D eigenvalue weighted by atomic mass is 9.87. The molecule has 5 heteroatoms. The Labute approximate surface area is 155 Å². The molecule has 1 N–H and O–H groups in total. The lowest BCUT2D eigenvalue weighted by molar-refractivity contribution is 0.427. The van der Waals surface area contributed by atoms with Gasteiger partial charge in [0.25, 0.3) is 0 Å². The van der Waals surface area contributed by atoms with Gasteiger partial charge in [0, 0.05) is 31.2 Å². The van der Waals surface area contributed by atoms with Gasteiger partial charge in [-0.05, 0) is 47.0 Å². The number of pyridine rings is 1. The molecule has 1 heterocycles. The first kappa shape index (κ1) is 18.9. The Hall–Kier alpha value is -2.45. The summed E-state index contributed by atoms with van der Waals surface area (Å²) in [5, 5.41) is 12.8. The van der Waals surface area contributed by atoms with Crippen molar-refractivity contribution >= 4 is 23.0 Å². The minimum atomic E-state index is 0.123. The molecule has 0 unspecified atom stereocenters. The van der Waals surface area contributed by atoms with Crippen molar-refractivity contribution in [3.05, 3.63) is 59.9 Å². The molecule has 0 aliphatic rings. The monoisotopic (exact) mass is 352 g/mol. The van der Waals surface area contributed by atoms with Crippen LogP contribution in [0.1, 0.15) is 38.3 Å². The molecule has 0 bridgehead atoms. The van der Waals surface area contributed by atoms with Crippen LogP contribution in [0.5, 0.6) is 0 Å². The van der Waals surface area contributed by atoms with Gasteiger partial charge >= 0.3 is 0 Å². The minimum absolute atomic E-state index is 0.123. The zero-order chi connectivity index (χ0) is 18.3. The van der Waals surface area contributed by atoms with E-state index < -0.39 is 0 Å². The van der Waals surface area contributed by atoms with Crippen molar-refractivity contribution in [3.8, 4) is 6.07 Å². The van der Waals surface area contributed by atoms with Gasteiger partial charge in [0.05, 0.1) is 12.5 Å². The summed E-state index contributed by atoms with van der Waals surface area (Å²) in [6.45, 7) is 7.78. The van der Waals surface area contributed by atoms with Crippen molar-refractivity contribution in [2.45, 2.75) is 39.2 Å². The number of hydrogen-bond acceptors (Lipinski definition) is 3. The second kappa shape index (κ2) is 8.59. The van der Waals surface area contributed by atoms with Crippen LogP contribution in [0.2, 0.25) is 0 Å². The SMILES string of the molecule is CC(C)(C)c1ccc(NC(=S)N(CCC#N)Cc2cccnc2)cc1. The summed E-state index contributed by atoms with van der Waals surface area (Å²) in [5.41, 5.74) is 3.41. The molecule has 0 aliphatic carbocycles. The third-order valence-electron chi connectivity index (χ3n) is 3.88. The first-order valence-electron chi connectivity index (χ1n) is 8.32. The Kier molecular flexibility index (Phi) is 6.49. The maximum atomic E-state index is 8.91. The topological polar surface area (TPSA) is 52.0 Å². The van der Waals surface area contributed by atoms with Gasteiger partial charge in [-0.1, -0.05) is 39.0 Å². The molecule has 130 valence electrons. The van der Waals surface area contributed by atoms with E-state index in [-0.39, 0.29) is 5.41 Å². The predicted molar refractivity (Wildman–Crippen MR) is 106 cm³/mol. The molecule has 4 nitrogen and oxygen atoms in total. The largest absolute Gasteiger partial charge is 0.344 e. The molecule has 25 heavy (non-hydrogen) atoms. The summed E-state index contributed by atoms with van der Waals surface area (Å²) < 4.78 is 0. The third kappa shape index (κ3) is 5.84. The molecule has 0 radical (unpaired) electrons. The number of nitrogens with zero attached hydrogens (tertiary/aromatic N) is 3. The van der Waals surface area contributed by atoms with Gasteiger partial charge in [0.2, 0.25) is 0 Å². The van der Waals surface area contributed by atoms with E-state index >= 15 is 0 Å². The molecule has 0 atom stereocenters. The zero-order valence-corrected chi connectivity index (χ0v) is 15.8. The fourth-order valence-corrected chi connectivity index (χ4v) is 2.68. The Balaban J connectivity index is 2.07. The number of anilines is 1. The first-order chi connectivity index (χ1) is 11.9. The molecule has 1 aromatic carbocycles. The smallest absolute Gasteiger partial charge is 0.173 e. The molecule has 2 rings (SSSR count). The van der Waals surface area contributed by atoms with Gasteiger partial charge < -0.3 is 10.2 Å². The van der Waals surface area contributed by atoms with Crippen LogP contribution in [0.4, 0.5) is 5.69 Å². The predicted octanol–water partition coefficient (Wildman–Crippen LogP) is 4.49. The average molecular weight is 353 g/mol. The van der Waals surface area contributed by atoms with Crippen LogP contribution in [0.15, 0.2) is 48.8 Å². The molecular formula is C20H24N4S. The molecule has 1 aromatic heterocycles. The Morgan fingerprint density at radius 1 is 1.24 bits per heavy atom. The Morgan fingerprint density at radius 2 is 1.96 bits per heavy atom. The lowest BCUT2D eigenvalue weighted by Gasteiger charge is -2.25. The average Bonchev–Trinajstić information content (AvgIpc) is 2.59. The molecular weight excluding hydrogens is 328 g/mol. The standard InChI is InChI=1S/C20H24N4S/c1-20(2,3)17-7-9-18(10-8-17)23-19(25)24(13-5-11-21)15-16-6-4-12-22-14-16/h4,6-10,12,14H,5,13,15H2,1-3H3,(H,23,25). The Bertz CT molecular complexity index is 727. The maximum absolute atomic E-state index is 8.91. The number of thiocarbonyl (C=S) groups is 1. The van der Waals surface area contributed by atoms with Crippen molar-refractivity contribution in [2.75, 3.05) is 11.9 Å². The first-order valence-corrected chi connectivity index (χ1v) is 8.73. The van der Waals surface area contributed by atoms with Crippen molar-refractivity contribution < 1.29 is 0 Å². The summed E-state index contributed by atoms with van der Waals surface area (Å²) in [6, 6.07) is 14.4. The van der Waals surface area contributed by atoms with E-state index in [0.717, 1.165) is 11.3 Å². The van der Waals surface area contributed by atoms with Crippen molar-refractivity contribution in [3.63, 3.8) is 0 Å². The quantitative estimate of drug-likeness (QED) is 0.804. The highest BCUT2D eigenvalue weighted by Gasteiger charge is 2.14. The fraction of sp³-hybridized carbons (Fsp3) is 0.350. The Morgan fingerprint density at radius 3 is 2.52 bits per heavy atom. The summed E-state index contributed by atoms with van der Waals surface area (Å²) >= 11 is 5.56. The lowest BCUT2D eigenvalue weighted by Crippen LogP contribution is -2.35. The van der Waals surface area contributed by atoms with Gasteiger partial charge in [0.1, 0.15) is 0 Å². The van der Waals surface area contributed by atoms with Gasteiger partial charge in [-0.25, -0.2) is 0 Å². The van der Waals surface area contributed by atoms with E-state index in [1.165, 1.54) is 5.56 Å². The highest BCUT2D eigenvalue weighted by Crippen LogP contribution is 2.23. The van der Waals surface area contributed by atoms with Crippen LogP contribution in [-0.4, -0.2) is 21.5 Å². The van der Waals surface area contributed by atoms with E-state index in [2.05, 4.69) is 49.3 Å². The summed E-state index contributed by atoms with van der Waals surface area (Å²) in [4.78, 5) is 6.13. The highest BCUT2D eigenvalue weighted by molar-refractivity contribution is 7.80.